The minimum Gasteiger partial charge on any atom is -0.339 e. The Kier molecular flexibility index (Phi) is 3.34. The van der Waals surface area contributed by atoms with Gasteiger partial charge in [0.25, 0.3) is 0 Å². The molecule has 1 aromatic carbocycles. The maximum Gasteiger partial charge on any atom is 0.227 e. The van der Waals surface area contributed by atoms with Crippen LogP contribution in [-0.2, 0) is 6.42 Å². The highest BCUT2D eigenvalue weighted by molar-refractivity contribution is 5.56. The average molecular weight is 257 g/mol. The van der Waals surface area contributed by atoms with E-state index in [0.717, 1.165) is 31.0 Å². The molecule has 1 atom stereocenters. The Bertz CT molecular complexity index is 571. The van der Waals surface area contributed by atoms with Gasteiger partial charge in [0.1, 0.15) is 0 Å². The molecule has 0 amide bonds. The van der Waals surface area contributed by atoms with Crippen molar-refractivity contribution in [1.82, 2.24) is 15.5 Å². The predicted octanol–water partition coefficient (Wildman–Crippen LogP) is 2.51. The molecule has 1 aliphatic heterocycles. The normalized spacial score (nSPS) is 18.9. The lowest BCUT2D eigenvalue weighted by atomic mass is 10.1. The molecule has 0 spiro atoms. The van der Waals surface area contributed by atoms with Gasteiger partial charge in [-0.25, -0.2) is 0 Å². The Labute approximate surface area is 113 Å². The molecular weight excluding hydrogens is 238 g/mol. The number of hydrogen-bond donors (Lipinski definition) is 1. The van der Waals surface area contributed by atoms with E-state index in [1.54, 1.807) is 0 Å². The number of nitrogens with one attached hydrogen (secondary N) is 1. The number of hydrogen-bond acceptors (Lipinski definition) is 4. The van der Waals surface area contributed by atoms with Crippen LogP contribution in [0.25, 0.3) is 11.4 Å². The highest BCUT2D eigenvalue weighted by atomic mass is 16.5. The Balaban J connectivity index is 1.78. The van der Waals surface area contributed by atoms with Gasteiger partial charge in [-0.05, 0) is 56.5 Å². The van der Waals surface area contributed by atoms with E-state index in [0.29, 0.717) is 11.7 Å². The van der Waals surface area contributed by atoms with Crippen molar-refractivity contribution in [1.29, 1.82) is 0 Å². The Morgan fingerprint density at radius 2 is 2.21 bits per heavy atom. The summed E-state index contributed by atoms with van der Waals surface area (Å²) in [4.78, 5) is 4.51. The van der Waals surface area contributed by atoms with Crippen LogP contribution in [0.2, 0.25) is 0 Å². The quantitative estimate of drug-likeness (QED) is 0.918. The third-order valence-electron chi connectivity index (χ3n) is 3.86. The second-order valence-corrected chi connectivity index (χ2v) is 5.37. The Morgan fingerprint density at radius 1 is 1.32 bits per heavy atom. The summed E-state index contributed by atoms with van der Waals surface area (Å²) >= 11 is 0. The first-order valence-corrected chi connectivity index (χ1v) is 6.83. The molecule has 1 N–H and O–H groups in total. The van der Waals surface area contributed by atoms with Crippen LogP contribution < -0.4 is 5.32 Å². The first-order valence-electron chi connectivity index (χ1n) is 6.83. The highest BCUT2D eigenvalue weighted by Crippen LogP contribution is 2.21. The van der Waals surface area contributed by atoms with E-state index >= 15 is 0 Å². The SMILES string of the molecule is Cc1ccc(-c2noc(C[C@@H]3CCNC3)n2)cc1C. The summed E-state index contributed by atoms with van der Waals surface area (Å²) in [6, 6.07) is 6.26. The van der Waals surface area contributed by atoms with Crippen LogP contribution in [0.3, 0.4) is 0 Å². The molecular formula is C15H19N3O. The second kappa shape index (κ2) is 5.13. The zero-order chi connectivity index (χ0) is 13.2. The summed E-state index contributed by atoms with van der Waals surface area (Å²) in [5, 5.41) is 7.45. The fraction of sp³-hybridized carbons (Fsp3) is 0.467. The largest absolute Gasteiger partial charge is 0.339 e. The van der Waals surface area contributed by atoms with Crippen LogP contribution in [-0.4, -0.2) is 23.2 Å². The van der Waals surface area contributed by atoms with E-state index in [9.17, 15) is 0 Å². The first-order chi connectivity index (χ1) is 9.22. The van der Waals surface area contributed by atoms with E-state index in [4.69, 9.17) is 4.52 Å². The van der Waals surface area contributed by atoms with Gasteiger partial charge in [-0.3, -0.25) is 0 Å². The van der Waals surface area contributed by atoms with Crippen LogP contribution >= 0.6 is 0 Å². The molecule has 0 aliphatic carbocycles. The van der Waals surface area contributed by atoms with E-state index in [1.165, 1.54) is 17.5 Å². The Hall–Kier alpha value is -1.68. The van der Waals surface area contributed by atoms with E-state index in [2.05, 4.69) is 41.4 Å². The van der Waals surface area contributed by atoms with Gasteiger partial charge in [-0.1, -0.05) is 17.3 Å². The molecule has 0 radical (unpaired) electrons. The van der Waals surface area contributed by atoms with Crippen molar-refractivity contribution in [2.75, 3.05) is 13.1 Å². The van der Waals surface area contributed by atoms with Crippen LogP contribution in [0, 0.1) is 19.8 Å². The second-order valence-electron chi connectivity index (χ2n) is 5.37. The lowest BCUT2D eigenvalue weighted by Gasteiger charge is -2.02. The van der Waals surface area contributed by atoms with Gasteiger partial charge in [0.15, 0.2) is 0 Å². The summed E-state index contributed by atoms with van der Waals surface area (Å²) in [6.07, 6.45) is 2.08. The van der Waals surface area contributed by atoms with Gasteiger partial charge in [0, 0.05) is 12.0 Å². The molecule has 3 rings (SSSR count). The van der Waals surface area contributed by atoms with Crippen molar-refractivity contribution >= 4 is 0 Å². The van der Waals surface area contributed by atoms with Crippen molar-refractivity contribution in [2.24, 2.45) is 5.92 Å². The summed E-state index contributed by atoms with van der Waals surface area (Å²) in [6.45, 7) is 6.36. The van der Waals surface area contributed by atoms with Gasteiger partial charge in [-0.2, -0.15) is 4.98 Å². The van der Waals surface area contributed by atoms with Crippen molar-refractivity contribution in [3.05, 3.63) is 35.2 Å². The molecule has 2 aromatic rings. The lowest BCUT2D eigenvalue weighted by Crippen LogP contribution is -2.10. The summed E-state index contributed by atoms with van der Waals surface area (Å²) < 4.78 is 5.36. The smallest absolute Gasteiger partial charge is 0.227 e. The van der Waals surface area contributed by atoms with E-state index in [1.807, 2.05) is 6.07 Å². The van der Waals surface area contributed by atoms with Crippen LogP contribution in [0.4, 0.5) is 0 Å². The van der Waals surface area contributed by atoms with Gasteiger partial charge >= 0.3 is 0 Å². The fourth-order valence-corrected chi connectivity index (χ4v) is 2.47. The number of rotatable bonds is 3. The van der Waals surface area contributed by atoms with Crippen molar-refractivity contribution in [3.8, 4) is 11.4 Å². The van der Waals surface area contributed by atoms with E-state index < -0.39 is 0 Å². The van der Waals surface area contributed by atoms with Gasteiger partial charge < -0.3 is 9.84 Å². The zero-order valence-electron chi connectivity index (χ0n) is 11.4. The van der Waals surface area contributed by atoms with Crippen LogP contribution in [0.15, 0.2) is 22.7 Å². The summed E-state index contributed by atoms with van der Waals surface area (Å²) in [5.74, 6) is 2.08. The standard InChI is InChI=1S/C15H19N3O/c1-10-3-4-13(7-11(10)2)15-17-14(19-18-15)8-12-5-6-16-9-12/h3-4,7,12,16H,5-6,8-9H2,1-2H3/t12-/m0/s1. The third kappa shape index (κ3) is 2.68. The fourth-order valence-electron chi connectivity index (χ4n) is 2.47. The molecule has 0 bridgehead atoms. The minimum atomic E-state index is 0.632. The molecule has 1 aromatic heterocycles. The maximum atomic E-state index is 5.36. The minimum absolute atomic E-state index is 0.632. The van der Waals surface area contributed by atoms with Gasteiger partial charge in [0.2, 0.25) is 11.7 Å². The molecule has 4 heteroatoms. The van der Waals surface area contributed by atoms with Crippen LogP contribution in [0.5, 0.6) is 0 Å². The molecule has 100 valence electrons. The van der Waals surface area contributed by atoms with E-state index in [-0.39, 0.29) is 0 Å². The van der Waals surface area contributed by atoms with Gasteiger partial charge in [0.05, 0.1) is 0 Å². The van der Waals surface area contributed by atoms with Crippen molar-refractivity contribution in [2.45, 2.75) is 26.7 Å². The maximum absolute atomic E-state index is 5.36. The number of aryl methyl sites for hydroxylation is 2. The molecule has 2 heterocycles. The first kappa shape index (κ1) is 12.4. The summed E-state index contributed by atoms with van der Waals surface area (Å²) in [7, 11) is 0. The summed E-state index contributed by atoms with van der Waals surface area (Å²) in [5.41, 5.74) is 3.57. The average Bonchev–Trinajstić information content (AvgIpc) is 3.05. The molecule has 0 unspecified atom stereocenters. The molecule has 1 saturated heterocycles. The zero-order valence-corrected chi connectivity index (χ0v) is 11.4. The highest BCUT2D eigenvalue weighted by Gasteiger charge is 2.18. The van der Waals surface area contributed by atoms with Crippen LogP contribution in [0.1, 0.15) is 23.4 Å². The number of benzene rings is 1. The van der Waals surface area contributed by atoms with Crippen molar-refractivity contribution < 1.29 is 4.52 Å². The van der Waals surface area contributed by atoms with Gasteiger partial charge in [-0.15, -0.1) is 0 Å². The molecule has 1 fully saturated rings. The topological polar surface area (TPSA) is 51.0 Å². The molecule has 0 saturated carbocycles. The lowest BCUT2D eigenvalue weighted by molar-refractivity contribution is 0.358. The van der Waals surface area contributed by atoms with Crippen molar-refractivity contribution in [3.63, 3.8) is 0 Å². The molecule has 4 nitrogen and oxygen atoms in total. The number of aromatic nitrogens is 2. The predicted molar refractivity (Wildman–Crippen MR) is 73.9 cm³/mol. The molecule has 19 heavy (non-hydrogen) atoms. The number of nitrogens with zero attached hydrogens (tertiary/aromatic N) is 2. The molecule has 1 aliphatic rings. The third-order valence-corrected chi connectivity index (χ3v) is 3.86. The Morgan fingerprint density at radius 3 is 2.95 bits per heavy atom. The monoisotopic (exact) mass is 257 g/mol.